The van der Waals surface area contributed by atoms with Crippen LogP contribution < -0.4 is 10.6 Å². The van der Waals surface area contributed by atoms with Crippen LogP contribution in [0.5, 0.6) is 0 Å². The van der Waals surface area contributed by atoms with E-state index >= 15 is 0 Å². The molecule has 122 valence electrons. The van der Waals surface area contributed by atoms with Crippen LogP contribution in [-0.2, 0) is 6.42 Å². The SMILES string of the molecule is CC[C@H](CNC(=S)Nc1cc(C)cc(C)c1)Cc1ccccc1. The summed E-state index contributed by atoms with van der Waals surface area (Å²) in [5.41, 5.74) is 4.92. The van der Waals surface area contributed by atoms with E-state index in [4.69, 9.17) is 12.2 Å². The smallest absolute Gasteiger partial charge is 0.170 e. The summed E-state index contributed by atoms with van der Waals surface area (Å²) in [6.07, 6.45) is 2.21. The van der Waals surface area contributed by atoms with E-state index in [1.54, 1.807) is 0 Å². The second-order valence-electron chi connectivity index (χ2n) is 6.18. The third kappa shape index (κ3) is 6.03. The maximum atomic E-state index is 5.43. The molecule has 0 unspecified atom stereocenters. The fraction of sp³-hybridized carbons (Fsp3) is 0.350. The van der Waals surface area contributed by atoms with Crippen LogP contribution in [0, 0.1) is 19.8 Å². The van der Waals surface area contributed by atoms with Gasteiger partial charge in [0.1, 0.15) is 0 Å². The summed E-state index contributed by atoms with van der Waals surface area (Å²) in [7, 11) is 0. The molecule has 0 radical (unpaired) electrons. The molecule has 0 bridgehead atoms. The van der Waals surface area contributed by atoms with Crippen LogP contribution in [0.1, 0.15) is 30.0 Å². The fourth-order valence-corrected chi connectivity index (χ4v) is 2.97. The minimum atomic E-state index is 0.580. The van der Waals surface area contributed by atoms with Gasteiger partial charge in [0.25, 0.3) is 0 Å². The minimum Gasteiger partial charge on any atom is -0.362 e. The molecule has 0 aliphatic rings. The van der Waals surface area contributed by atoms with Gasteiger partial charge in [-0.3, -0.25) is 0 Å². The van der Waals surface area contributed by atoms with E-state index in [1.165, 1.54) is 16.7 Å². The zero-order chi connectivity index (χ0) is 16.7. The standard InChI is InChI=1S/C20H26N2S/c1-4-17(13-18-8-6-5-7-9-18)14-21-20(23)22-19-11-15(2)10-16(3)12-19/h5-12,17H,4,13-14H2,1-3H3,(H2,21,22,23)/t17-/m0/s1. The van der Waals surface area contributed by atoms with Crippen LogP contribution >= 0.6 is 12.2 Å². The summed E-state index contributed by atoms with van der Waals surface area (Å²) in [6.45, 7) is 7.32. The molecule has 2 N–H and O–H groups in total. The van der Waals surface area contributed by atoms with Crippen molar-refractivity contribution in [3.05, 3.63) is 65.2 Å². The van der Waals surface area contributed by atoms with Crippen molar-refractivity contribution < 1.29 is 0 Å². The Bertz CT molecular complexity index is 617. The molecule has 23 heavy (non-hydrogen) atoms. The zero-order valence-corrected chi connectivity index (χ0v) is 15.0. The van der Waals surface area contributed by atoms with Gasteiger partial charge in [-0.1, -0.05) is 49.7 Å². The predicted octanol–water partition coefficient (Wildman–Crippen LogP) is 4.86. The summed E-state index contributed by atoms with van der Waals surface area (Å²) in [5.74, 6) is 0.580. The van der Waals surface area contributed by atoms with Crippen molar-refractivity contribution in [3.63, 3.8) is 0 Å². The first-order valence-electron chi connectivity index (χ1n) is 8.24. The third-order valence-corrected chi connectivity index (χ3v) is 4.22. The molecule has 2 aromatic carbocycles. The van der Waals surface area contributed by atoms with Crippen LogP contribution in [0.15, 0.2) is 48.5 Å². The highest BCUT2D eigenvalue weighted by Crippen LogP contribution is 2.14. The van der Waals surface area contributed by atoms with Crippen molar-refractivity contribution in [2.75, 3.05) is 11.9 Å². The number of hydrogen-bond donors (Lipinski definition) is 2. The molecule has 0 aromatic heterocycles. The van der Waals surface area contributed by atoms with E-state index in [0.29, 0.717) is 11.0 Å². The Morgan fingerprint density at radius 1 is 1.04 bits per heavy atom. The number of nitrogens with one attached hydrogen (secondary N) is 2. The molecule has 1 atom stereocenters. The van der Waals surface area contributed by atoms with Gasteiger partial charge in [-0.2, -0.15) is 0 Å². The first kappa shape index (κ1) is 17.5. The third-order valence-electron chi connectivity index (χ3n) is 3.98. The molecule has 0 saturated carbocycles. The quantitative estimate of drug-likeness (QED) is 0.741. The Morgan fingerprint density at radius 3 is 2.30 bits per heavy atom. The van der Waals surface area contributed by atoms with Crippen LogP contribution in [-0.4, -0.2) is 11.7 Å². The summed E-state index contributed by atoms with van der Waals surface area (Å²) in [5, 5.41) is 7.34. The Kier molecular flexibility index (Phi) is 6.60. The molecule has 2 aromatic rings. The molecule has 0 saturated heterocycles. The minimum absolute atomic E-state index is 0.580. The molecule has 0 aliphatic carbocycles. The molecule has 2 rings (SSSR count). The van der Waals surface area contributed by atoms with Crippen LogP contribution in [0.3, 0.4) is 0 Å². The average Bonchev–Trinajstić information content (AvgIpc) is 2.51. The van der Waals surface area contributed by atoms with Crippen LogP contribution in [0.4, 0.5) is 5.69 Å². The van der Waals surface area contributed by atoms with E-state index in [2.05, 4.69) is 79.9 Å². The van der Waals surface area contributed by atoms with E-state index in [9.17, 15) is 0 Å². The maximum Gasteiger partial charge on any atom is 0.170 e. The van der Waals surface area contributed by atoms with Gasteiger partial charge in [0.05, 0.1) is 0 Å². The van der Waals surface area contributed by atoms with Gasteiger partial charge in [0.15, 0.2) is 5.11 Å². The lowest BCUT2D eigenvalue weighted by molar-refractivity contribution is 0.498. The van der Waals surface area contributed by atoms with Gasteiger partial charge >= 0.3 is 0 Å². The summed E-state index contributed by atoms with van der Waals surface area (Å²) < 4.78 is 0. The lowest BCUT2D eigenvalue weighted by Crippen LogP contribution is -2.33. The van der Waals surface area contributed by atoms with Crippen LogP contribution in [0.2, 0.25) is 0 Å². The second kappa shape index (κ2) is 8.68. The largest absolute Gasteiger partial charge is 0.362 e. The predicted molar refractivity (Wildman–Crippen MR) is 104 cm³/mol. The number of anilines is 1. The van der Waals surface area contributed by atoms with Crippen molar-refractivity contribution in [3.8, 4) is 0 Å². The molecular weight excluding hydrogens is 300 g/mol. The highest BCUT2D eigenvalue weighted by molar-refractivity contribution is 7.80. The first-order valence-corrected chi connectivity index (χ1v) is 8.64. The summed E-state index contributed by atoms with van der Waals surface area (Å²) in [4.78, 5) is 0. The van der Waals surface area contributed by atoms with E-state index < -0.39 is 0 Å². The molecule has 0 spiro atoms. The van der Waals surface area contributed by atoms with E-state index in [0.717, 1.165) is 25.1 Å². The number of thiocarbonyl (C=S) groups is 1. The first-order chi connectivity index (χ1) is 11.1. The van der Waals surface area contributed by atoms with Crippen molar-refractivity contribution in [1.82, 2.24) is 5.32 Å². The van der Waals surface area contributed by atoms with Gasteiger partial charge in [-0.15, -0.1) is 0 Å². The molecule has 0 amide bonds. The van der Waals surface area contributed by atoms with E-state index in [-0.39, 0.29) is 0 Å². The fourth-order valence-electron chi connectivity index (χ4n) is 2.77. The number of benzene rings is 2. The highest BCUT2D eigenvalue weighted by Gasteiger charge is 2.08. The normalized spacial score (nSPS) is 11.8. The topological polar surface area (TPSA) is 24.1 Å². The Morgan fingerprint density at radius 2 is 1.70 bits per heavy atom. The van der Waals surface area contributed by atoms with Crippen LogP contribution in [0.25, 0.3) is 0 Å². The molecule has 2 nitrogen and oxygen atoms in total. The number of aryl methyl sites for hydroxylation is 2. The second-order valence-corrected chi connectivity index (χ2v) is 6.58. The highest BCUT2D eigenvalue weighted by atomic mass is 32.1. The molecule has 3 heteroatoms. The van der Waals surface area contributed by atoms with Gasteiger partial charge in [0.2, 0.25) is 0 Å². The molecule has 0 heterocycles. The Labute approximate surface area is 145 Å². The van der Waals surface area contributed by atoms with Gasteiger partial charge in [-0.05, 0) is 67.2 Å². The average molecular weight is 327 g/mol. The molecule has 0 fully saturated rings. The Hall–Kier alpha value is -1.87. The van der Waals surface area contributed by atoms with Crippen molar-refractivity contribution in [2.24, 2.45) is 5.92 Å². The number of hydrogen-bond acceptors (Lipinski definition) is 1. The lowest BCUT2D eigenvalue weighted by atomic mass is 9.97. The molecule has 0 aliphatic heterocycles. The van der Waals surface area contributed by atoms with Crippen molar-refractivity contribution in [1.29, 1.82) is 0 Å². The summed E-state index contributed by atoms with van der Waals surface area (Å²) in [6, 6.07) is 17.0. The van der Waals surface area contributed by atoms with Crippen molar-refractivity contribution in [2.45, 2.75) is 33.6 Å². The van der Waals surface area contributed by atoms with E-state index in [1.807, 2.05) is 0 Å². The molecular formula is C20H26N2S. The summed E-state index contributed by atoms with van der Waals surface area (Å²) >= 11 is 5.43. The van der Waals surface area contributed by atoms with Gasteiger partial charge in [-0.25, -0.2) is 0 Å². The monoisotopic (exact) mass is 326 g/mol. The van der Waals surface area contributed by atoms with Gasteiger partial charge in [0, 0.05) is 12.2 Å². The van der Waals surface area contributed by atoms with Gasteiger partial charge < -0.3 is 10.6 Å². The zero-order valence-electron chi connectivity index (χ0n) is 14.2. The lowest BCUT2D eigenvalue weighted by Gasteiger charge is -2.18. The number of rotatable bonds is 6. The Balaban J connectivity index is 1.84. The van der Waals surface area contributed by atoms with Crippen molar-refractivity contribution >= 4 is 23.0 Å². The maximum absolute atomic E-state index is 5.43.